The number of hydrazone groups is 1. The molecular formula is C23H23BrN4O3S. The van der Waals surface area contributed by atoms with Crippen LogP contribution in [-0.4, -0.2) is 27.4 Å². The summed E-state index contributed by atoms with van der Waals surface area (Å²) < 4.78 is 3.08. The van der Waals surface area contributed by atoms with Gasteiger partial charge in [-0.2, -0.15) is 5.10 Å². The SMILES string of the molecule is Cc1ccc(-n2c(C)c(Br)c(/C=N\NC(=O)CSCc3ccc([N+](=O)[O-])cc3)c2C)cc1. The van der Waals surface area contributed by atoms with E-state index in [2.05, 4.69) is 62.2 Å². The van der Waals surface area contributed by atoms with E-state index in [4.69, 9.17) is 0 Å². The first kappa shape index (κ1) is 23.7. The summed E-state index contributed by atoms with van der Waals surface area (Å²) >= 11 is 5.06. The smallest absolute Gasteiger partial charge is 0.269 e. The first-order valence-corrected chi connectivity index (χ1v) is 11.8. The predicted molar refractivity (Wildman–Crippen MR) is 133 cm³/mol. The highest BCUT2D eigenvalue weighted by molar-refractivity contribution is 9.10. The third-order valence-electron chi connectivity index (χ3n) is 4.94. The molecule has 0 unspecified atom stereocenters. The number of hydrogen-bond acceptors (Lipinski definition) is 5. The Bertz CT molecular complexity index is 1160. The molecule has 166 valence electrons. The van der Waals surface area contributed by atoms with Gasteiger partial charge in [-0.15, -0.1) is 11.8 Å². The summed E-state index contributed by atoms with van der Waals surface area (Å²) in [6, 6.07) is 14.6. The van der Waals surface area contributed by atoms with Crippen LogP contribution in [-0.2, 0) is 10.5 Å². The Morgan fingerprint density at radius 3 is 2.41 bits per heavy atom. The van der Waals surface area contributed by atoms with Crippen molar-refractivity contribution in [2.45, 2.75) is 26.5 Å². The fourth-order valence-corrected chi connectivity index (χ4v) is 4.58. The van der Waals surface area contributed by atoms with Gasteiger partial charge in [0.2, 0.25) is 5.91 Å². The average molecular weight is 515 g/mol. The van der Waals surface area contributed by atoms with Crippen LogP contribution in [0.1, 0.15) is 28.1 Å². The summed E-state index contributed by atoms with van der Waals surface area (Å²) in [4.78, 5) is 22.4. The van der Waals surface area contributed by atoms with Crippen LogP contribution in [0.15, 0.2) is 58.1 Å². The van der Waals surface area contributed by atoms with Gasteiger partial charge in [0.1, 0.15) is 0 Å². The van der Waals surface area contributed by atoms with E-state index >= 15 is 0 Å². The lowest BCUT2D eigenvalue weighted by Gasteiger charge is -2.09. The number of thioether (sulfide) groups is 1. The molecule has 1 heterocycles. The number of carbonyl (C=O) groups excluding carboxylic acids is 1. The Morgan fingerprint density at radius 1 is 1.12 bits per heavy atom. The number of hydrogen-bond donors (Lipinski definition) is 1. The molecule has 7 nitrogen and oxygen atoms in total. The number of non-ortho nitro benzene ring substituents is 1. The second kappa shape index (κ2) is 10.6. The van der Waals surface area contributed by atoms with Crippen molar-refractivity contribution >= 4 is 45.5 Å². The molecule has 0 radical (unpaired) electrons. The minimum absolute atomic E-state index is 0.0544. The van der Waals surface area contributed by atoms with Crippen molar-refractivity contribution in [3.63, 3.8) is 0 Å². The number of aryl methyl sites for hydroxylation is 1. The highest BCUT2D eigenvalue weighted by atomic mass is 79.9. The largest absolute Gasteiger partial charge is 0.317 e. The van der Waals surface area contributed by atoms with Crippen molar-refractivity contribution in [1.82, 2.24) is 9.99 Å². The maximum atomic E-state index is 12.1. The third kappa shape index (κ3) is 5.66. The summed E-state index contributed by atoms with van der Waals surface area (Å²) in [7, 11) is 0. The number of nitro benzene ring substituents is 1. The van der Waals surface area contributed by atoms with Crippen molar-refractivity contribution in [3.05, 3.63) is 91.2 Å². The number of carbonyl (C=O) groups is 1. The van der Waals surface area contributed by atoms with E-state index < -0.39 is 4.92 Å². The van der Waals surface area contributed by atoms with Crippen molar-refractivity contribution in [2.24, 2.45) is 5.10 Å². The van der Waals surface area contributed by atoms with Crippen LogP contribution in [0.4, 0.5) is 5.69 Å². The van der Waals surface area contributed by atoms with Crippen molar-refractivity contribution in [3.8, 4) is 5.69 Å². The number of amides is 1. The summed E-state index contributed by atoms with van der Waals surface area (Å²) in [5.74, 6) is 0.604. The molecule has 1 N–H and O–H groups in total. The number of benzene rings is 2. The van der Waals surface area contributed by atoms with Crippen LogP contribution >= 0.6 is 27.7 Å². The van der Waals surface area contributed by atoms with E-state index in [9.17, 15) is 14.9 Å². The predicted octanol–water partition coefficient (Wildman–Crippen LogP) is 5.46. The summed E-state index contributed by atoms with van der Waals surface area (Å²) in [6.45, 7) is 6.10. The van der Waals surface area contributed by atoms with Crippen LogP contribution in [0.2, 0.25) is 0 Å². The zero-order chi connectivity index (χ0) is 23.3. The molecule has 0 atom stereocenters. The number of nitrogens with one attached hydrogen (secondary N) is 1. The second-order valence-corrected chi connectivity index (χ2v) is 9.06. The second-order valence-electron chi connectivity index (χ2n) is 7.28. The van der Waals surface area contributed by atoms with E-state index in [1.54, 1.807) is 18.3 Å². The Balaban J connectivity index is 1.57. The van der Waals surface area contributed by atoms with Crippen molar-refractivity contribution in [1.29, 1.82) is 0 Å². The first-order chi connectivity index (χ1) is 15.3. The fraction of sp³-hybridized carbons (Fsp3) is 0.217. The van der Waals surface area contributed by atoms with Gasteiger partial charge in [-0.1, -0.05) is 29.8 Å². The van der Waals surface area contributed by atoms with Crippen LogP contribution in [0.5, 0.6) is 0 Å². The van der Waals surface area contributed by atoms with Crippen LogP contribution in [0, 0.1) is 30.9 Å². The maximum Gasteiger partial charge on any atom is 0.269 e. The minimum Gasteiger partial charge on any atom is -0.317 e. The molecule has 1 amide bonds. The minimum atomic E-state index is -0.432. The van der Waals surface area contributed by atoms with Crippen LogP contribution in [0.3, 0.4) is 0 Å². The van der Waals surface area contributed by atoms with Gasteiger partial charge in [-0.25, -0.2) is 5.43 Å². The van der Waals surface area contributed by atoms with E-state index in [1.807, 2.05) is 13.8 Å². The molecule has 0 saturated carbocycles. The average Bonchev–Trinajstić information content (AvgIpc) is 2.98. The molecule has 0 fully saturated rings. The summed E-state index contributed by atoms with van der Waals surface area (Å²) in [6.07, 6.45) is 1.65. The number of aromatic nitrogens is 1. The molecule has 0 aliphatic rings. The zero-order valence-electron chi connectivity index (χ0n) is 18.0. The summed E-state index contributed by atoms with van der Waals surface area (Å²) in [5, 5.41) is 14.8. The topological polar surface area (TPSA) is 89.5 Å². The molecule has 32 heavy (non-hydrogen) atoms. The van der Waals surface area contributed by atoms with E-state index in [0.29, 0.717) is 5.75 Å². The highest BCUT2D eigenvalue weighted by Crippen LogP contribution is 2.29. The van der Waals surface area contributed by atoms with Crippen molar-refractivity contribution < 1.29 is 9.72 Å². The number of halogens is 1. The normalized spacial score (nSPS) is 11.1. The number of rotatable bonds is 8. The number of nitrogens with zero attached hydrogens (tertiary/aromatic N) is 3. The van der Waals surface area contributed by atoms with E-state index in [1.165, 1.54) is 29.5 Å². The summed E-state index contributed by atoms with van der Waals surface area (Å²) in [5.41, 5.74) is 8.78. The van der Waals surface area contributed by atoms with Gasteiger partial charge in [-0.3, -0.25) is 14.9 Å². The third-order valence-corrected chi connectivity index (χ3v) is 6.94. The van der Waals surface area contributed by atoms with Crippen LogP contribution in [0.25, 0.3) is 5.69 Å². The van der Waals surface area contributed by atoms with Crippen molar-refractivity contribution in [2.75, 3.05) is 5.75 Å². The Morgan fingerprint density at radius 2 is 1.78 bits per heavy atom. The lowest BCUT2D eigenvalue weighted by molar-refractivity contribution is -0.384. The fourth-order valence-electron chi connectivity index (χ4n) is 3.23. The zero-order valence-corrected chi connectivity index (χ0v) is 20.4. The monoisotopic (exact) mass is 514 g/mol. The molecular weight excluding hydrogens is 492 g/mol. The number of nitro groups is 1. The standard InChI is InChI=1S/C23H23BrN4O3S/c1-15-4-8-19(9-5-15)27-16(2)21(23(24)17(27)3)12-25-26-22(29)14-32-13-18-6-10-20(11-7-18)28(30)31/h4-12H,13-14H2,1-3H3,(H,26,29)/b25-12-. The van der Waals surface area contributed by atoms with E-state index in [0.717, 1.165) is 32.7 Å². The lowest BCUT2D eigenvalue weighted by Crippen LogP contribution is -2.19. The van der Waals surface area contributed by atoms with Gasteiger partial charge < -0.3 is 4.57 Å². The molecule has 1 aromatic heterocycles. The molecule has 0 bridgehead atoms. The Kier molecular flexibility index (Phi) is 7.87. The van der Waals surface area contributed by atoms with Crippen LogP contribution < -0.4 is 5.43 Å². The molecule has 0 aliphatic heterocycles. The van der Waals surface area contributed by atoms with E-state index in [-0.39, 0.29) is 17.3 Å². The van der Waals surface area contributed by atoms with Gasteiger partial charge in [0.05, 0.1) is 16.9 Å². The quantitative estimate of drug-likeness (QED) is 0.245. The molecule has 3 aromatic rings. The Hall–Kier alpha value is -2.91. The van der Waals surface area contributed by atoms with Gasteiger partial charge >= 0.3 is 0 Å². The molecule has 2 aromatic carbocycles. The molecule has 0 saturated heterocycles. The lowest BCUT2D eigenvalue weighted by atomic mass is 10.2. The van der Waals surface area contributed by atoms with Gasteiger partial charge in [0.25, 0.3) is 5.69 Å². The Labute approximate surface area is 199 Å². The maximum absolute atomic E-state index is 12.1. The van der Waals surface area contributed by atoms with Gasteiger partial charge in [0, 0.05) is 45.0 Å². The van der Waals surface area contributed by atoms with Gasteiger partial charge in [-0.05, 0) is 54.4 Å². The molecule has 3 rings (SSSR count). The van der Waals surface area contributed by atoms with Gasteiger partial charge in [0.15, 0.2) is 0 Å². The highest BCUT2D eigenvalue weighted by Gasteiger charge is 2.15. The molecule has 9 heteroatoms. The molecule has 0 aliphatic carbocycles. The molecule has 0 spiro atoms. The first-order valence-electron chi connectivity index (χ1n) is 9.85.